The van der Waals surface area contributed by atoms with E-state index in [0.717, 1.165) is 10.3 Å². The van der Waals surface area contributed by atoms with Gasteiger partial charge >= 0.3 is 0 Å². The van der Waals surface area contributed by atoms with Gasteiger partial charge in [-0.05, 0) is 6.92 Å². The number of alkyl halides is 1. The molecule has 3 heteroatoms. The molecule has 1 atom stereocenters. The van der Waals surface area contributed by atoms with Crippen LogP contribution >= 0.6 is 11.6 Å². The number of nitrogens with zero attached hydrogens (tertiary/aromatic N) is 1. The topological polar surface area (TPSA) is 26.1 Å². The second-order valence-corrected chi connectivity index (χ2v) is 3.58. The zero-order valence-corrected chi connectivity index (χ0v) is 8.24. The van der Waals surface area contributed by atoms with Gasteiger partial charge in [0.2, 0.25) is 0 Å². The maximum Gasteiger partial charge on any atom is 0.178 e. The van der Waals surface area contributed by atoms with E-state index in [4.69, 9.17) is 11.6 Å². The Balaban J connectivity index is 2.60. The molecule has 1 unspecified atom stereocenters. The number of hydrogen-bond donors (Lipinski definition) is 0. The summed E-state index contributed by atoms with van der Waals surface area (Å²) in [7, 11) is 0. The van der Waals surface area contributed by atoms with E-state index in [0.29, 0.717) is 6.54 Å². The number of hydrogen-bond acceptors (Lipinski definition) is 1. The van der Waals surface area contributed by atoms with Crippen molar-refractivity contribution in [2.24, 2.45) is 0 Å². The second-order valence-electron chi connectivity index (χ2n) is 2.89. The summed E-state index contributed by atoms with van der Waals surface area (Å²) in [6.07, 6.45) is 1.45. The van der Waals surface area contributed by atoms with E-state index in [1.54, 1.807) is 6.92 Å². The summed E-state index contributed by atoms with van der Waals surface area (Å²) in [5.74, 6) is 0. The SMILES string of the molecule is CC(Cl)/C=[N+](\[O-])Cc1ccccc1. The molecule has 1 aromatic carbocycles. The summed E-state index contributed by atoms with van der Waals surface area (Å²) < 4.78 is 0.854. The van der Waals surface area contributed by atoms with Crippen molar-refractivity contribution in [3.05, 3.63) is 41.1 Å². The average Bonchev–Trinajstić information content (AvgIpc) is 2.04. The molecule has 0 amide bonds. The molecule has 0 aromatic heterocycles. The van der Waals surface area contributed by atoms with Gasteiger partial charge in [0.25, 0.3) is 0 Å². The van der Waals surface area contributed by atoms with E-state index in [2.05, 4.69) is 0 Å². The Morgan fingerprint density at radius 3 is 2.62 bits per heavy atom. The van der Waals surface area contributed by atoms with Gasteiger partial charge in [-0.1, -0.05) is 30.3 Å². The molecule has 0 N–H and O–H groups in total. The molecular formula is C10H12ClNO. The van der Waals surface area contributed by atoms with Crippen LogP contribution in [0.4, 0.5) is 0 Å². The van der Waals surface area contributed by atoms with Crippen LogP contribution < -0.4 is 0 Å². The van der Waals surface area contributed by atoms with Crippen molar-refractivity contribution in [2.45, 2.75) is 18.8 Å². The maximum absolute atomic E-state index is 11.2. The van der Waals surface area contributed by atoms with Gasteiger partial charge < -0.3 is 5.21 Å². The standard InChI is InChI=1S/C10H12ClNO/c1-9(11)7-12(13)8-10-5-3-2-4-6-10/h2-7,9H,8H2,1H3/b12-7-. The Morgan fingerprint density at radius 2 is 2.08 bits per heavy atom. The van der Waals surface area contributed by atoms with E-state index >= 15 is 0 Å². The van der Waals surface area contributed by atoms with Crippen LogP contribution in [0, 0.1) is 5.21 Å². The third-order valence-electron chi connectivity index (χ3n) is 1.55. The van der Waals surface area contributed by atoms with Gasteiger partial charge in [-0.25, -0.2) is 4.74 Å². The summed E-state index contributed by atoms with van der Waals surface area (Å²) >= 11 is 5.64. The fourth-order valence-electron chi connectivity index (χ4n) is 1.05. The predicted octanol–water partition coefficient (Wildman–Crippen LogP) is 2.40. The minimum Gasteiger partial charge on any atom is -0.624 e. The van der Waals surface area contributed by atoms with Crippen LogP contribution in [0.2, 0.25) is 0 Å². The van der Waals surface area contributed by atoms with Gasteiger partial charge in [-0.3, -0.25) is 0 Å². The van der Waals surface area contributed by atoms with Gasteiger partial charge in [0, 0.05) is 5.56 Å². The van der Waals surface area contributed by atoms with Crippen molar-refractivity contribution in [3.8, 4) is 0 Å². The van der Waals surface area contributed by atoms with Gasteiger partial charge in [-0.15, -0.1) is 11.6 Å². The third-order valence-corrected chi connectivity index (χ3v) is 1.67. The molecule has 0 heterocycles. The van der Waals surface area contributed by atoms with E-state index in [-0.39, 0.29) is 5.38 Å². The largest absolute Gasteiger partial charge is 0.624 e. The zero-order chi connectivity index (χ0) is 9.68. The number of benzene rings is 1. The molecule has 1 rings (SSSR count). The summed E-state index contributed by atoms with van der Waals surface area (Å²) in [5.41, 5.74) is 0.992. The Kier molecular flexibility index (Phi) is 3.77. The zero-order valence-electron chi connectivity index (χ0n) is 7.48. The molecule has 13 heavy (non-hydrogen) atoms. The third kappa shape index (κ3) is 3.95. The molecule has 0 aliphatic heterocycles. The number of hydroxylamine groups is 1. The first-order valence-corrected chi connectivity index (χ1v) is 4.59. The van der Waals surface area contributed by atoms with Crippen molar-refractivity contribution in [1.29, 1.82) is 0 Å². The molecule has 0 saturated heterocycles. The van der Waals surface area contributed by atoms with E-state index in [1.807, 2.05) is 30.3 Å². The van der Waals surface area contributed by atoms with Gasteiger partial charge in [0.05, 0.1) is 0 Å². The highest BCUT2D eigenvalue weighted by Gasteiger charge is 1.99. The lowest BCUT2D eigenvalue weighted by Crippen LogP contribution is -2.09. The molecule has 0 aliphatic carbocycles. The van der Waals surface area contributed by atoms with Gasteiger partial charge in [-0.2, -0.15) is 0 Å². The first-order chi connectivity index (χ1) is 6.18. The summed E-state index contributed by atoms with van der Waals surface area (Å²) in [4.78, 5) is 0. The number of halogens is 1. The smallest absolute Gasteiger partial charge is 0.178 e. The van der Waals surface area contributed by atoms with E-state index in [1.165, 1.54) is 6.21 Å². The summed E-state index contributed by atoms with van der Waals surface area (Å²) in [5, 5.41) is 11.0. The predicted molar refractivity (Wildman–Crippen MR) is 55.2 cm³/mol. The Hall–Kier alpha value is -1.02. The highest BCUT2D eigenvalue weighted by molar-refractivity contribution is 6.27. The molecule has 0 bridgehead atoms. The van der Waals surface area contributed by atoms with Crippen LogP contribution in [0.15, 0.2) is 30.3 Å². The van der Waals surface area contributed by atoms with Crippen molar-refractivity contribution in [1.82, 2.24) is 0 Å². The average molecular weight is 198 g/mol. The molecule has 70 valence electrons. The summed E-state index contributed by atoms with van der Waals surface area (Å²) in [6.45, 7) is 2.12. The van der Waals surface area contributed by atoms with Crippen LogP contribution in [0.3, 0.4) is 0 Å². The monoisotopic (exact) mass is 197 g/mol. The molecule has 2 nitrogen and oxygen atoms in total. The fraction of sp³-hybridized carbons (Fsp3) is 0.300. The molecule has 0 saturated carbocycles. The lowest BCUT2D eigenvalue weighted by Gasteiger charge is -2.04. The molecule has 0 aliphatic rings. The van der Waals surface area contributed by atoms with Gasteiger partial charge in [0.15, 0.2) is 12.8 Å². The minimum atomic E-state index is -0.221. The molecule has 1 aromatic rings. The normalized spacial score (nSPS) is 14.2. The van der Waals surface area contributed by atoms with Crippen molar-refractivity contribution in [2.75, 3.05) is 0 Å². The molecule has 0 spiro atoms. The van der Waals surface area contributed by atoms with Crippen molar-refractivity contribution < 1.29 is 4.74 Å². The first-order valence-electron chi connectivity index (χ1n) is 4.15. The molecular weight excluding hydrogens is 186 g/mol. The quantitative estimate of drug-likeness (QED) is 0.240. The highest BCUT2D eigenvalue weighted by Crippen LogP contribution is 2.00. The van der Waals surface area contributed by atoms with E-state index < -0.39 is 0 Å². The Bertz CT molecular complexity index is 282. The maximum atomic E-state index is 11.2. The first kappa shape index (κ1) is 10.1. The van der Waals surface area contributed by atoms with Crippen LogP contribution in [0.25, 0.3) is 0 Å². The second kappa shape index (κ2) is 4.87. The lowest BCUT2D eigenvalue weighted by molar-refractivity contribution is -0.470. The van der Waals surface area contributed by atoms with Crippen LogP contribution in [-0.2, 0) is 6.54 Å². The van der Waals surface area contributed by atoms with Crippen LogP contribution in [-0.4, -0.2) is 16.3 Å². The minimum absolute atomic E-state index is 0.221. The van der Waals surface area contributed by atoms with Crippen LogP contribution in [0.5, 0.6) is 0 Å². The fourth-order valence-corrected chi connectivity index (χ4v) is 1.17. The molecule has 0 fully saturated rings. The Labute approximate surface area is 83.0 Å². The van der Waals surface area contributed by atoms with E-state index in [9.17, 15) is 5.21 Å². The van der Waals surface area contributed by atoms with Crippen LogP contribution in [0.1, 0.15) is 12.5 Å². The summed E-state index contributed by atoms with van der Waals surface area (Å²) in [6, 6.07) is 9.57. The number of rotatable bonds is 3. The lowest BCUT2D eigenvalue weighted by atomic mass is 10.2. The van der Waals surface area contributed by atoms with Gasteiger partial charge in [0.1, 0.15) is 5.38 Å². The highest BCUT2D eigenvalue weighted by atomic mass is 35.5. The van der Waals surface area contributed by atoms with Crippen molar-refractivity contribution in [3.63, 3.8) is 0 Å². The molecule has 0 radical (unpaired) electrons. The van der Waals surface area contributed by atoms with Crippen molar-refractivity contribution >= 4 is 17.8 Å². The Morgan fingerprint density at radius 1 is 1.46 bits per heavy atom.